The fourth-order valence-electron chi connectivity index (χ4n) is 2.63. The standard InChI is InChI=1S/C14H24O4/c1-2-12(6-16-8-14-10-18-14)4-3-11(1)5-15-7-13-9-17-13/h11-14H,1-10H2/t11?,12?,13-,14+. The maximum absolute atomic E-state index is 5.68. The van der Waals surface area contributed by atoms with Gasteiger partial charge in [-0.2, -0.15) is 0 Å². The Hall–Kier alpha value is -0.160. The summed E-state index contributed by atoms with van der Waals surface area (Å²) in [6, 6.07) is 0. The summed E-state index contributed by atoms with van der Waals surface area (Å²) in [5.41, 5.74) is 0. The summed E-state index contributed by atoms with van der Waals surface area (Å²) in [7, 11) is 0. The molecular formula is C14H24O4. The van der Waals surface area contributed by atoms with Crippen LogP contribution in [0.2, 0.25) is 0 Å². The molecule has 0 amide bonds. The van der Waals surface area contributed by atoms with Gasteiger partial charge < -0.3 is 18.9 Å². The minimum Gasteiger partial charge on any atom is -0.378 e. The molecule has 1 aliphatic carbocycles. The van der Waals surface area contributed by atoms with E-state index in [2.05, 4.69) is 0 Å². The number of ether oxygens (including phenoxy) is 4. The number of epoxide rings is 2. The van der Waals surface area contributed by atoms with Crippen molar-refractivity contribution < 1.29 is 18.9 Å². The molecule has 18 heavy (non-hydrogen) atoms. The highest BCUT2D eigenvalue weighted by atomic mass is 16.6. The minimum atomic E-state index is 0.402. The first-order valence-corrected chi connectivity index (χ1v) is 7.29. The second-order valence-electron chi connectivity index (χ2n) is 5.87. The van der Waals surface area contributed by atoms with Gasteiger partial charge in [0.1, 0.15) is 12.2 Å². The van der Waals surface area contributed by atoms with Crippen molar-refractivity contribution in [1.82, 2.24) is 0 Å². The molecule has 0 aromatic rings. The fourth-order valence-corrected chi connectivity index (χ4v) is 2.63. The molecule has 1 saturated carbocycles. The van der Waals surface area contributed by atoms with Crippen molar-refractivity contribution in [2.24, 2.45) is 11.8 Å². The smallest absolute Gasteiger partial charge is 0.104 e. The van der Waals surface area contributed by atoms with E-state index in [9.17, 15) is 0 Å². The monoisotopic (exact) mass is 256 g/mol. The van der Waals surface area contributed by atoms with Gasteiger partial charge in [-0.1, -0.05) is 0 Å². The van der Waals surface area contributed by atoms with Gasteiger partial charge in [0.2, 0.25) is 0 Å². The van der Waals surface area contributed by atoms with Gasteiger partial charge in [0.25, 0.3) is 0 Å². The van der Waals surface area contributed by atoms with E-state index in [4.69, 9.17) is 18.9 Å². The zero-order chi connectivity index (χ0) is 12.2. The maximum atomic E-state index is 5.68. The van der Waals surface area contributed by atoms with Gasteiger partial charge in [-0.15, -0.1) is 0 Å². The van der Waals surface area contributed by atoms with E-state index in [1.54, 1.807) is 0 Å². The number of rotatable bonds is 8. The summed E-state index contributed by atoms with van der Waals surface area (Å²) in [6.07, 6.45) is 5.97. The first-order chi connectivity index (χ1) is 8.90. The third-order valence-electron chi connectivity index (χ3n) is 4.09. The average Bonchev–Trinajstić information content (AvgIpc) is 3.25. The first-order valence-electron chi connectivity index (χ1n) is 7.29. The van der Waals surface area contributed by atoms with Crippen LogP contribution in [0.15, 0.2) is 0 Å². The van der Waals surface area contributed by atoms with E-state index >= 15 is 0 Å². The van der Waals surface area contributed by atoms with Crippen LogP contribution in [0.4, 0.5) is 0 Å². The van der Waals surface area contributed by atoms with Gasteiger partial charge in [0.05, 0.1) is 26.4 Å². The van der Waals surface area contributed by atoms with E-state index in [-0.39, 0.29) is 0 Å². The van der Waals surface area contributed by atoms with Gasteiger partial charge in [-0.05, 0) is 37.5 Å². The molecule has 2 atom stereocenters. The molecule has 0 spiro atoms. The molecule has 0 N–H and O–H groups in total. The maximum Gasteiger partial charge on any atom is 0.104 e. The van der Waals surface area contributed by atoms with Gasteiger partial charge in [0, 0.05) is 13.2 Å². The van der Waals surface area contributed by atoms with E-state index in [0.29, 0.717) is 12.2 Å². The molecule has 4 heteroatoms. The zero-order valence-corrected chi connectivity index (χ0v) is 11.0. The Morgan fingerprint density at radius 2 is 1.06 bits per heavy atom. The van der Waals surface area contributed by atoms with Crippen LogP contribution in [0, 0.1) is 11.8 Å². The Morgan fingerprint density at radius 1 is 0.667 bits per heavy atom. The van der Waals surface area contributed by atoms with Gasteiger partial charge in [0.15, 0.2) is 0 Å². The van der Waals surface area contributed by atoms with Crippen LogP contribution in [-0.4, -0.2) is 51.8 Å². The summed E-state index contributed by atoms with van der Waals surface area (Å²) in [4.78, 5) is 0. The van der Waals surface area contributed by atoms with Gasteiger partial charge >= 0.3 is 0 Å². The molecule has 2 heterocycles. The molecule has 3 aliphatic rings. The Morgan fingerprint density at radius 3 is 1.39 bits per heavy atom. The van der Waals surface area contributed by atoms with Crippen molar-refractivity contribution in [3.05, 3.63) is 0 Å². The summed E-state index contributed by atoms with van der Waals surface area (Å²) in [5, 5.41) is 0. The SMILES string of the molecule is C1CC(COC[C@H]2CO2)CCC1COC[C@@H]1CO1. The largest absolute Gasteiger partial charge is 0.378 e. The van der Waals surface area contributed by atoms with Gasteiger partial charge in [-0.25, -0.2) is 0 Å². The molecule has 104 valence electrons. The fraction of sp³-hybridized carbons (Fsp3) is 1.00. The quantitative estimate of drug-likeness (QED) is 0.619. The van der Waals surface area contributed by atoms with Crippen LogP contribution in [0.5, 0.6) is 0 Å². The first kappa shape index (κ1) is 12.9. The van der Waals surface area contributed by atoms with Crippen molar-refractivity contribution in [3.63, 3.8) is 0 Å². The summed E-state index contributed by atoms with van der Waals surface area (Å²) in [5.74, 6) is 1.51. The molecule has 0 aromatic carbocycles. The molecule has 3 rings (SSSR count). The van der Waals surface area contributed by atoms with Crippen molar-refractivity contribution in [2.75, 3.05) is 39.6 Å². The highest BCUT2D eigenvalue weighted by Crippen LogP contribution is 2.29. The second kappa shape index (κ2) is 6.33. The molecular weight excluding hydrogens is 232 g/mol. The minimum absolute atomic E-state index is 0.402. The summed E-state index contributed by atoms with van der Waals surface area (Å²) >= 11 is 0. The third-order valence-corrected chi connectivity index (χ3v) is 4.09. The van der Waals surface area contributed by atoms with Crippen LogP contribution in [-0.2, 0) is 18.9 Å². The lowest BCUT2D eigenvalue weighted by molar-refractivity contribution is 0.0415. The van der Waals surface area contributed by atoms with Crippen LogP contribution in [0.25, 0.3) is 0 Å². The van der Waals surface area contributed by atoms with Gasteiger partial charge in [-0.3, -0.25) is 0 Å². The van der Waals surface area contributed by atoms with Crippen LogP contribution < -0.4 is 0 Å². The van der Waals surface area contributed by atoms with E-state index < -0.39 is 0 Å². The highest BCUT2D eigenvalue weighted by Gasteiger charge is 2.26. The molecule has 2 aliphatic heterocycles. The van der Waals surface area contributed by atoms with Crippen molar-refractivity contribution >= 4 is 0 Å². The van der Waals surface area contributed by atoms with E-state index in [1.165, 1.54) is 25.7 Å². The molecule has 0 bridgehead atoms. The van der Waals surface area contributed by atoms with Crippen molar-refractivity contribution in [2.45, 2.75) is 37.9 Å². The molecule has 4 nitrogen and oxygen atoms in total. The normalized spacial score (nSPS) is 38.7. The van der Waals surface area contributed by atoms with Crippen molar-refractivity contribution in [3.8, 4) is 0 Å². The third kappa shape index (κ3) is 4.50. The Kier molecular flexibility index (Phi) is 4.52. The van der Waals surface area contributed by atoms with Crippen LogP contribution >= 0.6 is 0 Å². The number of hydrogen-bond acceptors (Lipinski definition) is 4. The topological polar surface area (TPSA) is 43.5 Å². The zero-order valence-electron chi connectivity index (χ0n) is 11.0. The molecule has 0 aromatic heterocycles. The van der Waals surface area contributed by atoms with E-state index in [1.807, 2.05) is 0 Å². The van der Waals surface area contributed by atoms with Crippen LogP contribution in [0.3, 0.4) is 0 Å². The Bertz CT molecular complexity index is 216. The summed E-state index contributed by atoms with van der Waals surface area (Å²) in [6.45, 7) is 5.23. The second-order valence-corrected chi connectivity index (χ2v) is 5.87. The predicted octanol–water partition coefficient (Wildman–Crippen LogP) is 1.62. The molecule has 0 radical (unpaired) electrons. The molecule has 2 saturated heterocycles. The molecule has 3 fully saturated rings. The Labute approximate surface area is 109 Å². The predicted molar refractivity (Wildman–Crippen MR) is 66.6 cm³/mol. The Balaban J connectivity index is 1.21. The summed E-state index contributed by atoms with van der Waals surface area (Å²) < 4.78 is 21.6. The lowest BCUT2D eigenvalue weighted by Gasteiger charge is -2.28. The lowest BCUT2D eigenvalue weighted by atomic mass is 9.83. The van der Waals surface area contributed by atoms with Crippen LogP contribution in [0.1, 0.15) is 25.7 Å². The van der Waals surface area contributed by atoms with E-state index in [0.717, 1.165) is 51.5 Å². The lowest BCUT2D eigenvalue weighted by Crippen LogP contribution is -2.23. The number of hydrogen-bond donors (Lipinski definition) is 0. The van der Waals surface area contributed by atoms with Crippen molar-refractivity contribution in [1.29, 1.82) is 0 Å². The highest BCUT2D eigenvalue weighted by molar-refractivity contribution is 4.74. The average molecular weight is 256 g/mol. The molecule has 0 unspecified atom stereocenters.